The van der Waals surface area contributed by atoms with Crippen molar-refractivity contribution in [3.8, 4) is 5.75 Å². The highest BCUT2D eigenvalue weighted by Gasteiger charge is 2.31. The minimum absolute atomic E-state index is 0.0122. The molecular weight excluding hydrogens is 585 g/mol. The third kappa shape index (κ3) is 9.66. The van der Waals surface area contributed by atoms with E-state index < -0.39 is 34.1 Å². The Hall–Kier alpha value is -3.27. The zero-order valence-electron chi connectivity index (χ0n) is 23.7. The van der Waals surface area contributed by atoms with Crippen LogP contribution in [0, 0.1) is 0 Å². The SMILES string of the molecule is C[C@@H](C(=O)NC(C)(C)C)N(Cc1ccc(Cl)c(Cl)c1)C(=O)CN(c1ccc(OCc2ccccc2)cc1)S(C)(=O)=O. The van der Waals surface area contributed by atoms with Crippen LogP contribution in [0.5, 0.6) is 5.75 Å². The van der Waals surface area contributed by atoms with Crippen LogP contribution in [0.4, 0.5) is 5.69 Å². The monoisotopic (exact) mass is 619 g/mol. The number of nitrogens with zero attached hydrogens (tertiary/aromatic N) is 2. The quantitative estimate of drug-likeness (QED) is 0.298. The van der Waals surface area contributed by atoms with E-state index >= 15 is 0 Å². The van der Waals surface area contributed by atoms with Gasteiger partial charge in [0.25, 0.3) is 0 Å². The van der Waals surface area contributed by atoms with Crippen LogP contribution >= 0.6 is 23.2 Å². The van der Waals surface area contributed by atoms with Crippen molar-refractivity contribution in [2.45, 2.75) is 52.4 Å². The second-order valence-electron chi connectivity index (χ2n) is 10.7. The van der Waals surface area contributed by atoms with Gasteiger partial charge in [0.15, 0.2) is 0 Å². The van der Waals surface area contributed by atoms with Gasteiger partial charge in [-0.05, 0) is 75.2 Å². The van der Waals surface area contributed by atoms with Crippen molar-refractivity contribution in [3.05, 3.63) is 94.0 Å². The molecule has 0 heterocycles. The summed E-state index contributed by atoms with van der Waals surface area (Å²) in [4.78, 5) is 28.1. The smallest absolute Gasteiger partial charge is 0.244 e. The van der Waals surface area contributed by atoms with E-state index in [9.17, 15) is 18.0 Å². The largest absolute Gasteiger partial charge is 0.489 e. The molecule has 0 aliphatic heterocycles. The molecule has 41 heavy (non-hydrogen) atoms. The van der Waals surface area contributed by atoms with Gasteiger partial charge in [0.1, 0.15) is 24.9 Å². The average molecular weight is 621 g/mol. The lowest BCUT2D eigenvalue weighted by molar-refractivity contribution is -0.140. The van der Waals surface area contributed by atoms with Crippen molar-refractivity contribution in [3.63, 3.8) is 0 Å². The number of halogens is 2. The van der Waals surface area contributed by atoms with E-state index in [1.54, 1.807) is 49.4 Å². The maximum absolute atomic E-state index is 13.7. The Labute approximate surface area is 252 Å². The second kappa shape index (κ2) is 13.6. The number of amides is 2. The van der Waals surface area contributed by atoms with E-state index in [1.807, 2.05) is 51.1 Å². The number of hydrogen-bond donors (Lipinski definition) is 1. The summed E-state index contributed by atoms with van der Waals surface area (Å²) in [5, 5.41) is 3.53. The topological polar surface area (TPSA) is 96.0 Å². The van der Waals surface area contributed by atoms with Crippen LogP contribution in [0.1, 0.15) is 38.8 Å². The van der Waals surface area contributed by atoms with Crippen molar-refractivity contribution in [1.82, 2.24) is 10.2 Å². The average Bonchev–Trinajstić information content (AvgIpc) is 2.90. The molecule has 0 aliphatic rings. The molecule has 0 saturated heterocycles. The third-order valence-corrected chi connectivity index (χ3v) is 7.93. The number of anilines is 1. The summed E-state index contributed by atoms with van der Waals surface area (Å²) >= 11 is 12.2. The minimum atomic E-state index is -3.87. The fourth-order valence-electron chi connectivity index (χ4n) is 3.95. The Morgan fingerprint density at radius 2 is 1.56 bits per heavy atom. The van der Waals surface area contributed by atoms with Crippen LogP contribution < -0.4 is 14.4 Å². The number of hydrogen-bond acceptors (Lipinski definition) is 5. The van der Waals surface area contributed by atoms with Gasteiger partial charge < -0.3 is 15.0 Å². The van der Waals surface area contributed by atoms with Gasteiger partial charge >= 0.3 is 0 Å². The first-order chi connectivity index (χ1) is 19.1. The molecule has 8 nitrogen and oxygen atoms in total. The number of nitrogens with one attached hydrogen (secondary N) is 1. The molecule has 3 aromatic carbocycles. The van der Waals surface area contributed by atoms with Crippen molar-refractivity contribution < 1.29 is 22.7 Å². The molecule has 0 spiro atoms. The summed E-state index contributed by atoms with van der Waals surface area (Å²) in [6.07, 6.45) is 1.03. The third-order valence-electron chi connectivity index (χ3n) is 6.05. The molecule has 0 unspecified atom stereocenters. The van der Waals surface area contributed by atoms with E-state index in [1.165, 1.54) is 4.90 Å². The molecule has 3 aromatic rings. The number of sulfonamides is 1. The Morgan fingerprint density at radius 3 is 2.12 bits per heavy atom. The van der Waals surface area contributed by atoms with Crippen LogP contribution in [0.3, 0.4) is 0 Å². The molecule has 3 rings (SSSR count). The highest BCUT2D eigenvalue weighted by molar-refractivity contribution is 7.92. The van der Waals surface area contributed by atoms with E-state index in [4.69, 9.17) is 27.9 Å². The lowest BCUT2D eigenvalue weighted by Crippen LogP contribution is -2.54. The Kier molecular flexibility index (Phi) is 10.7. The second-order valence-corrected chi connectivity index (χ2v) is 13.4. The maximum atomic E-state index is 13.7. The molecule has 0 aromatic heterocycles. The number of carbonyl (C=O) groups excluding carboxylic acids is 2. The summed E-state index contributed by atoms with van der Waals surface area (Å²) in [5.74, 6) is -0.398. The molecule has 0 bridgehead atoms. The molecule has 1 atom stereocenters. The highest BCUT2D eigenvalue weighted by Crippen LogP contribution is 2.25. The molecule has 0 aliphatic carbocycles. The fraction of sp³-hybridized carbons (Fsp3) is 0.333. The normalized spacial score (nSPS) is 12.4. The number of ether oxygens (including phenoxy) is 1. The minimum Gasteiger partial charge on any atom is -0.489 e. The van der Waals surface area contributed by atoms with Crippen LogP contribution in [0.2, 0.25) is 10.0 Å². The number of carbonyl (C=O) groups is 2. The molecule has 1 N–H and O–H groups in total. The first-order valence-electron chi connectivity index (χ1n) is 12.9. The predicted octanol–water partition coefficient (Wildman–Crippen LogP) is 5.67. The number of benzene rings is 3. The number of rotatable bonds is 11. The van der Waals surface area contributed by atoms with Gasteiger partial charge in [0.05, 0.1) is 22.0 Å². The van der Waals surface area contributed by atoms with Crippen molar-refractivity contribution in [2.24, 2.45) is 0 Å². The summed E-state index contributed by atoms with van der Waals surface area (Å²) in [7, 11) is -3.87. The summed E-state index contributed by atoms with van der Waals surface area (Å²) in [5.41, 5.74) is 1.38. The Balaban J connectivity index is 1.85. The standard InChI is InChI=1S/C30H35Cl2N3O5S/c1-21(29(37)33-30(2,3)4)34(18-23-11-16-26(31)27(32)17-23)28(36)19-35(41(5,38)39)24-12-14-25(15-13-24)40-20-22-9-7-6-8-10-22/h6-17,21H,18-20H2,1-5H3,(H,33,37)/t21-/m0/s1. The van der Waals surface area contributed by atoms with Gasteiger partial charge in [-0.3, -0.25) is 13.9 Å². The lowest BCUT2D eigenvalue weighted by atomic mass is 10.1. The molecule has 0 radical (unpaired) electrons. The maximum Gasteiger partial charge on any atom is 0.244 e. The van der Waals surface area contributed by atoms with Crippen LogP contribution in [0.15, 0.2) is 72.8 Å². The van der Waals surface area contributed by atoms with Gasteiger partial charge in [0.2, 0.25) is 21.8 Å². The van der Waals surface area contributed by atoms with Crippen LogP contribution in [-0.2, 0) is 32.8 Å². The molecule has 0 fully saturated rings. The highest BCUT2D eigenvalue weighted by atomic mass is 35.5. The lowest BCUT2D eigenvalue weighted by Gasteiger charge is -2.33. The van der Waals surface area contributed by atoms with E-state index in [0.717, 1.165) is 16.1 Å². The first kappa shape index (κ1) is 32.2. The van der Waals surface area contributed by atoms with E-state index in [2.05, 4.69) is 5.32 Å². The van der Waals surface area contributed by atoms with Gasteiger partial charge in [-0.1, -0.05) is 59.6 Å². The van der Waals surface area contributed by atoms with Crippen molar-refractivity contribution in [1.29, 1.82) is 0 Å². The zero-order chi connectivity index (χ0) is 30.4. The molecule has 2 amide bonds. The van der Waals surface area contributed by atoms with Crippen LogP contribution in [-0.4, -0.2) is 49.5 Å². The van der Waals surface area contributed by atoms with Gasteiger partial charge in [0, 0.05) is 12.1 Å². The zero-order valence-corrected chi connectivity index (χ0v) is 26.1. The Bertz CT molecular complexity index is 1460. The van der Waals surface area contributed by atoms with Crippen LogP contribution in [0.25, 0.3) is 0 Å². The first-order valence-corrected chi connectivity index (χ1v) is 15.5. The fourth-order valence-corrected chi connectivity index (χ4v) is 5.12. The van der Waals surface area contributed by atoms with Crippen molar-refractivity contribution >= 4 is 50.7 Å². The van der Waals surface area contributed by atoms with Gasteiger partial charge in [-0.25, -0.2) is 8.42 Å². The van der Waals surface area contributed by atoms with E-state index in [-0.39, 0.29) is 18.1 Å². The van der Waals surface area contributed by atoms with Crippen molar-refractivity contribution in [2.75, 3.05) is 17.1 Å². The van der Waals surface area contributed by atoms with Gasteiger partial charge in [-0.15, -0.1) is 0 Å². The van der Waals surface area contributed by atoms with Gasteiger partial charge in [-0.2, -0.15) is 0 Å². The molecular formula is C30H35Cl2N3O5S. The molecule has 220 valence electrons. The summed E-state index contributed by atoms with van der Waals surface area (Å²) in [6.45, 7) is 6.95. The Morgan fingerprint density at radius 1 is 0.927 bits per heavy atom. The summed E-state index contributed by atoms with van der Waals surface area (Å²) < 4.78 is 32.5. The molecule has 11 heteroatoms. The molecule has 0 saturated carbocycles. The predicted molar refractivity (Wildman–Crippen MR) is 164 cm³/mol. The summed E-state index contributed by atoms with van der Waals surface area (Å²) in [6, 6.07) is 20.1. The van der Waals surface area contributed by atoms with E-state index in [0.29, 0.717) is 28.0 Å².